The van der Waals surface area contributed by atoms with Crippen molar-refractivity contribution in [3.8, 4) is 0 Å². The third-order valence-electron chi connectivity index (χ3n) is 1.58. The van der Waals surface area contributed by atoms with Gasteiger partial charge in [0.1, 0.15) is 4.34 Å². The molecule has 0 aliphatic heterocycles. The maximum absolute atomic E-state index is 10.9. The molecule has 0 spiro atoms. The first kappa shape index (κ1) is 11.0. The van der Waals surface area contributed by atoms with Crippen LogP contribution in [0.4, 0.5) is 0 Å². The van der Waals surface area contributed by atoms with Crippen molar-refractivity contribution < 1.29 is 4.79 Å². The molecule has 0 N–H and O–H groups in total. The molecule has 1 aromatic rings. The Bertz CT molecular complexity index is 348. The first-order valence-corrected chi connectivity index (χ1v) is 5.63. The number of allylic oxidation sites excluding steroid dienone is 1. The van der Waals surface area contributed by atoms with Gasteiger partial charge in [0, 0.05) is 9.35 Å². The van der Waals surface area contributed by atoms with Crippen LogP contribution in [0.25, 0.3) is 6.08 Å². The van der Waals surface area contributed by atoms with E-state index in [4.69, 9.17) is 11.6 Å². The van der Waals surface area contributed by atoms with E-state index in [9.17, 15) is 4.79 Å². The second-order valence-electron chi connectivity index (χ2n) is 2.65. The standard InChI is InChI=1S/C9H8BrClOS/c1-5(6(2)12)3-7-4-8(10)9(11)13-7/h3-4H,1-2H3. The van der Waals surface area contributed by atoms with E-state index in [1.807, 2.05) is 12.1 Å². The number of ketones is 1. The number of thiophene rings is 1. The molecule has 1 aromatic heterocycles. The molecule has 0 saturated heterocycles. The van der Waals surface area contributed by atoms with Gasteiger partial charge in [-0.15, -0.1) is 11.3 Å². The fraction of sp³-hybridized carbons (Fsp3) is 0.222. The molecule has 0 aliphatic rings. The fourth-order valence-corrected chi connectivity index (χ4v) is 2.49. The number of carbonyl (C=O) groups is 1. The van der Waals surface area contributed by atoms with Gasteiger partial charge in [-0.05, 0) is 47.5 Å². The van der Waals surface area contributed by atoms with Gasteiger partial charge in [-0.2, -0.15) is 0 Å². The van der Waals surface area contributed by atoms with Crippen molar-refractivity contribution >= 4 is 50.7 Å². The van der Waals surface area contributed by atoms with Crippen LogP contribution in [0.15, 0.2) is 16.1 Å². The summed E-state index contributed by atoms with van der Waals surface area (Å²) in [6.07, 6.45) is 1.84. The molecule has 13 heavy (non-hydrogen) atoms. The molecule has 0 aliphatic carbocycles. The summed E-state index contributed by atoms with van der Waals surface area (Å²) in [5.74, 6) is 0.0839. The predicted molar refractivity (Wildman–Crippen MR) is 61.4 cm³/mol. The normalized spacial score (nSPS) is 11.8. The number of carbonyl (C=O) groups excluding carboxylic acids is 1. The van der Waals surface area contributed by atoms with Gasteiger partial charge in [0.05, 0.1) is 0 Å². The van der Waals surface area contributed by atoms with Crippen LogP contribution in [0, 0.1) is 0 Å². The monoisotopic (exact) mass is 278 g/mol. The highest BCUT2D eigenvalue weighted by molar-refractivity contribution is 9.10. The number of hydrogen-bond acceptors (Lipinski definition) is 2. The lowest BCUT2D eigenvalue weighted by molar-refractivity contribution is -0.113. The van der Waals surface area contributed by atoms with Gasteiger partial charge in [-0.1, -0.05) is 11.6 Å². The van der Waals surface area contributed by atoms with Gasteiger partial charge in [-0.3, -0.25) is 4.79 Å². The Labute approximate surface area is 94.5 Å². The largest absolute Gasteiger partial charge is 0.295 e. The van der Waals surface area contributed by atoms with Gasteiger partial charge in [0.25, 0.3) is 0 Å². The zero-order chi connectivity index (χ0) is 10.0. The van der Waals surface area contributed by atoms with Crippen LogP contribution < -0.4 is 0 Å². The molecule has 1 nitrogen and oxygen atoms in total. The lowest BCUT2D eigenvalue weighted by Crippen LogP contribution is -1.89. The Morgan fingerprint density at radius 3 is 2.62 bits per heavy atom. The minimum absolute atomic E-state index is 0.0839. The van der Waals surface area contributed by atoms with Crippen LogP contribution in [-0.2, 0) is 4.79 Å². The van der Waals surface area contributed by atoms with Crippen molar-refractivity contribution in [1.29, 1.82) is 0 Å². The fourth-order valence-electron chi connectivity index (χ4n) is 0.749. The van der Waals surface area contributed by atoms with Crippen LogP contribution in [0.3, 0.4) is 0 Å². The smallest absolute Gasteiger partial charge is 0.155 e. The number of Topliss-reactive ketones (excluding diaryl/α,β-unsaturated/α-hetero) is 1. The predicted octanol–water partition coefficient (Wildman–Crippen LogP) is 4.16. The zero-order valence-corrected chi connectivity index (χ0v) is 10.4. The second kappa shape index (κ2) is 4.40. The van der Waals surface area contributed by atoms with E-state index in [0.717, 1.165) is 14.9 Å². The van der Waals surface area contributed by atoms with E-state index < -0.39 is 0 Å². The van der Waals surface area contributed by atoms with E-state index in [1.54, 1.807) is 13.8 Å². The Kier molecular flexibility index (Phi) is 3.71. The lowest BCUT2D eigenvalue weighted by Gasteiger charge is -1.90. The quantitative estimate of drug-likeness (QED) is 0.743. The summed E-state index contributed by atoms with van der Waals surface area (Å²) >= 11 is 10.6. The van der Waals surface area contributed by atoms with E-state index in [0.29, 0.717) is 4.34 Å². The van der Waals surface area contributed by atoms with Crippen molar-refractivity contribution in [1.82, 2.24) is 0 Å². The lowest BCUT2D eigenvalue weighted by atomic mass is 10.2. The molecular formula is C9H8BrClOS. The number of hydrogen-bond donors (Lipinski definition) is 0. The Balaban J connectivity index is 2.98. The van der Waals surface area contributed by atoms with Crippen molar-refractivity contribution in [2.24, 2.45) is 0 Å². The average molecular weight is 280 g/mol. The summed E-state index contributed by atoms with van der Waals surface area (Å²) in [5.41, 5.74) is 0.741. The second-order valence-corrected chi connectivity index (χ2v) is 5.19. The zero-order valence-electron chi connectivity index (χ0n) is 7.23. The molecule has 1 rings (SSSR count). The van der Waals surface area contributed by atoms with Crippen molar-refractivity contribution in [3.63, 3.8) is 0 Å². The summed E-state index contributed by atoms with van der Waals surface area (Å²) < 4.78 is 1.59. The van der Waals surface area contributed by atoms with E-state index >= 15 is 0 Å². The molecule has 0 saturated carbocycles. The van der Waals surface area contributed by atoms with Crippen molar-refractivity contribution in [2.45, 2.75) is 13.8 Å². The van der Waals surface area contributed by atoms with Gasteiger partial charge in [0.15, 0.2) is 5.78 Å². The van der Waals surface area contributed by atoms with Crippen molar-refractivity contribution in [2.75, 3.05) is 0 Å². The minimum atomic E-state index is 0.0839. The molecule has 0 fully saturated rings. The van der Waals surface area contributed by atoms with Crippen LogP contribution in [0.2, 0.25) is 4.34 Å². The average Bonchev–Trinajstić information content (AvgIpc) is 2.31. The van der Waals surface area contributed by atoms with E-state index in [2.05, 4.69) is 15.9 Å². The minimum Gasteiger partial charge on any atom is -0.295 e. The van der Waals surface area contributed by atoms with E-state index in [1.165, 1.54) is 11.3 Å². The third kappa shape index (κ3) is 2.93. The third-order valence-corrected chi connectivity index (χ3v) is 4.00. The van der Waals surface area contributed by atoms with Crippen LogP contribution in [0.5, 0.6) is 0 Å². The van der Waals surface area contributed by atoms with Crippen LogP contribution in [0.1, 0.15) is 18.7 Å². The summed E-state index contributed by atoms with van der Waals surface area (Å²) in [7, 11) is 0. The molecule has 70 valence electrons. The van der Waals surface area contributed by atoms with Gasteiger partial charge in [-0.25, -0.2) is 0 Å². The summed E-state index contributed by atoms with van der Waals surface area (Å²) in [6.45, 7) is 3.35. The highest BCUT2D eigenvalue weighted by Crippen LogP contribution is 2.33. The van der Waals surface area contributed by atoms with Gasteiger partial charge < -0.3 is 0 Å². The highest BCUT2D eigenvalue weighted by atomic mass is 79.9. The molecule has 0 atom stereocenters. The molecule has 0 radical (unpaired) electrons. The van der Waals surface area contributed by atoms with Crippen LogP contribution >= 0.6 is 38.9 Å². The summed E-state index contributed by atoms with van der Waals surface area (Å²) in [5, 5.41) is 0. The van der Waals surface area contributed by atoms with Gasteiger partial charge in [0.2, 0.25) is 0 Å². The van der Waals surface area contributed by atoms with Crippen molar-refractivity contribution in [3.05, 3.63) is 25.3 Å². The molecule has 0 bridgehead atoms. The number of rotatable bonds is 2. The van der Waals surface area contributed by atoms with E-state index in [-0.39, 0.29) is 5.78 Å². The molecule has 0 unspecified atom stereocenters. The number of halogens is 2. The summed E-state index contributed by atoms with van der Waals surface area (Å²) in [6, 6.07) is 1.90. The molecule has 0 aromatic carbocycles. The summed E-state index contributed by atoms with van der Waals surface area (Å²) in [4.78, 5) is 11.9. The van der Waals surface area contributed by atoms with Gasteiger partial charge >= 0.3 is 0 Å². The topological polar surface area (TPSA) is 17.1 Å². The highest BCUT2D eigenvalue weighted by Gasteiger charge is 2.03. The Morgan fingerprint density at radius 2 is 2.23 bits per heavy atom. The molecule has 0 amide bonds. The SMILES string of the molecule is CC(=O)C(C)=Cc1cc(Br)c(Cl)s1. The molecular weight excluding hydrogens is 272 g/mol. The Hall–Kier alpha value is -0.120. The maximum Gasteiger partial charge on any atom is 0.155 e. The first-order valence-electron chi connectivity index (χ1n) is 3.65. The molecule has 1 heterocycles. The maximum atomic E-state index is 10.9. The first-order chi connectivity index (χ1) is 6.00. The van der Waals surface area contributed by atoms with Crippen LogP contribution in [-0.4, -0.2) is 5.78 Å². The molecule has 4 heteroatoms. The Morgan fingerprint density at radius 1 is 1.62 bits per heavy atom.